The molecule has 6 nitrogen and oxygen atoms in total. The van der Waals surface area contributed by atoms with E-state index in [0.29, 0.717) is 6.04 Å². The Bertz CT molecular complexity index is 344. The Balaban J connectivity index is 2.34. The highest BCUT2D eigenvalue weighted by Crippen LogP contribution is 2.11. The van der Waals surface area contributed by atoms with Crippen LogP contribution in [0.15, 0.2) is 4.99 Å². The van der Waals surface area contributed by atoms with E-state index in [2.05, 4.69) is 28.8 Å². The van der Waals surface area contributed by atoms with Gasteiger partial charge in [0.2, 0.25) is 0 Å². The Morgan fingerprint density at radius 3 is 2.68 bits per heavy atom. The van der Waals surface area contributed by atoms with Gasteiger partial charge in [-0.25, -0.2) is 4.79 Å². The van der Waals surface area contributed by atoms with E-state index in [1.165, 1.54) is 19.3 Å². The van der Waals surface area contributed by atoms with Gasteiger partial charge in [0.25, 0.3) is 0 Å². The second kappa shape index (κ2) is 11.5. The number of rotatable bonds is 7. The van der Waals surface area contributed by atoms with Crippen molar-refractivity contribution in [1.82, 2.24) is 15.5 Å². The molecular weight excluding hydrogens is 300 g/mol. The fourth-order valence-corrected chi connectivity index (χ4v) is 2.89. The molecule has 0 radical (unpaired) electrons. The molecule has 0 aliphatic carbocycles. The van der Waals surface area contributed by atoms with E-state index in [0.717, 1.165) is 51.4 Å². The Kier molecular flexibility index (Phi) is 9.86. The molecule has 1 heterocycles. The zero-order valence-electron chi connectivity index (χ0n) is 14.1. The molecule has 1 rings (SSSR count). The zero-order valence-corrected chi connectivity index (χ0v) is 14.9. The summed E-state index contributed by atoms with van der Waals surface area (Å²) in [4.78, 5) is 17.9. The van der Waals surface area contributed by atoms with E-state index in [1.807, 2.05) is 11.8 Å². The van der Waals surface area contributed by atoms with Gasteiger partial charge in [0.05, 0.1) is 7.11 Å². The summed E-state index contributed by atoms with van der Waals surface area (Å²) in [6, 6.07) is 0.366. The number of carbonyl (C=O) groups excluding carboxylic acids is 1. The maximum Gasteiger partial charge on any atom is 0.409 e. The molecule has 0 atom stereocenters. The number of thioether (sulfide) groups is 1. The van der Waals surface area contributed by atoms with Gasteiger partial charge in [-0.1, -0.05) is 0 Å². The highest BCUT2D eigenvalue weighted by Gasteiger charge is 2.23. The van der Waals surface area contributed by atoms with E-state index >= 15 is 0 Å². The monoisotopic (exact) mass is 330 g/mol. The minimum atomic E-state index is -0.229. The average molecular weight is 330 g/mol. The van der Waals surface area contributed by atoms with Crippen molar-refractivity contribution in [2.75, 3.05) is 45.3 Å². The molecule has 0 aromatic heterocycles. The van der Waals surface area contributed by atoms with Crippen molar-refractivity contribution >= 4 is 23.8 Å². The lowest BCUT2D eigenvalue weighted by Gasteiger charge is -2.32. The van der Waals surface area contributed by atoms with Gasteiger partial charge >= 0.3 is 6.09 Å². The number of nitrogens with one attached hydrogen (secondary N) is 2. The van der Waals surface area contributed by atoms with Crippen LogP contribution in [0.5, 0.6) is 0 Å². The summed E-state index contributed by atoms with van der Waals surface area (Å²) in [6.45, 7) is 5.26. The van der Waals surface area contributed by atoms with E-state index in [-0.39, 0.29) is 6.09 Å². The van der Waals surface area contributed by atoms with E-state index in [1.54, 1.807) is 4.90 Å². The Morgan fingerprint density at radius 1 is 1.36 bits per heavy atom. The Morgan fingerprint density at radius 2 is 2.09 bits per heavy atom. The van der Waals surface area contributed by atoms with Crippen molar-refractivity contribution in [3.63, 3.8) is 0 Å². The number of amides is 1. The van der Waals surface area contributed by atoms with Gasteiger partial charge in [-0.3, -0.25) is 4.99 Å². The van der Waals surface area contributed by atoms with Crippen LogP contribution in [0.3, 0.4) is 0 Å². The van der Waals surface area contributed by atoms with Gasteiger partial charge in [-0.05, 0) is 44.6 Å². The van der Waals surface area contributed by atoms with Crippen LogP contribution < -0.4 is 10.6 Å². The molecule has 128 valence electrons. The zero-order chi connectivity index (χ0) is 16.2. The van der Waals surface area contributed by atoms with Crippen molar-refractivity contribution in [3.05, 3.63) is 0 Å². The van der Waals surface area contributed by atoms with E-state index < -0.39 is 0 Å². The van der Waals surface area contributed by atoms with E-state index in [9.17, 15) is 4.79 Å². The fraction of sp³-hybridized carbons (Fsp3) is 0.867. The third-order valence-corrected chi connectivity index (χ3v) is 4.34. The number of ether oxygens (including phenoxy) is 1. The van der Waals surface area contributed by atoms with Crippen LogP contribution in [0, 0.1) is 0 Å². The molecule has 1 amide bonds. The SMILES string of the molecule is CCNC(=NCCCCSC)NC1CCN(C(=O)OC)CC1. The summed E-state index contributed by atoms with van der Waals surface area (Å²) in [6.07, 6.45) is 6.08. The average Bonchev–Trinajstić information content (AvgIpc) is 2.54. The maximum absolute atomic E-state index is 11.5. The lowest BCUT2D eigenvalue weighted by Crippen LogP contribution is -2.49. The number of unbranched alkanes of at least 4 members (excludes halogenated alkanes) is 1. The number of hydrogen-bond donors (Lipinski definition) is 2. The molecule has 7 heteroatoms. The van der Waals surface area contributed by atoms with Crippen LogP contribution in [-0.2, 0) is 4.74 Å². The van der Waals surface area contributed by atoms with Gasteiger partial charge in [0.15, 0.2) is 5.96 Å². The molecule has 0 unspecified atom stereocenters. The number of guanidine groups is 1. The van der Waals surface area contributed by atoms with Crippen molar-refractivity contribution in [3.8, 4) is 0 Å². The second-order valence-corrected chi connectivity index (χ2v) is 6.32. The van der Waals surface area contributed by atoms with Gasteiger partial charge < -0.3 is 20.3 Å². The summed E-state index contributed by atoms with van der Waals surface area (Å²) in [5.74, 6) is 2.09. The lowest BCUT2D eigenvalue weighted by atomic mass is 10.1. The third-order valence-electron chi connectivity index (χ3n) is 3.64. The van der Waals surface area contributed by atoms with Crippen LogP contribution >= 0.6 is 11.8 Å². The molecule has 1 fully saturated rings. The van der Waals surface area contributed by atoms with Gasteiger partial charge in [0, 0.05) is 32.2 Å². The first-order valence-electron chi connectivity index (χ1n) is 8.08. The van der Waals surface area contributed by atoms with Crippen molar-refractivity contribution in [1.29, 1.82) is 0 Å². The molecule has 0 bridgehead atoms. The molecule has 1 aliphatic heterocycles. The smallest absolute Gasteiger partial charge is 0.409 e. The van der Waals surface area contributed by atoms with Gasteiger partial charge in [0.1, 0.15) is 0 Å². The van der Waals surface area contributed by atoms with Crippen molar-refractivity contribution < 1.29 is 9.53 Å². The number of nitrogens with zero attached hydrogens (tertiary/aromatic N) is 2. The predicted molar refractivity (Wildman–Crippen MR) is 93.7 cm³/mol. The third kappa shape index (κ3) is 7.24. The van der Waals surface area contributed by atoms with Crippen LogP contribution in [0.1, 0.15) is 32.6 Å². The molecular formula is C15H30N4O2S. The van der Waals surface area contributed by atoms with Crippen molar-refractivity contribution in [2.45, 2.75) is 38.6 Å². The Labute approximate surface area is 138 Å². The van der Waals surface area contributed by atoms with Crippen LogP contribution in [0.4, 0.5) is 4.79 Å². The largest absolute Gasteiger partial charge is 0.453 e. The number of hydrogen-bond acceptors (Lipinski definition) is 4. The summed E-state index contributed by atoms with van der Waals surface area (Å²) in [7, 11) is 1.43. The molecule has 1 aliphatic rings. The highest BCUT2D eigenvalue weighted by atomic mass is 32.2. The first kappa shape index (κ1) is 18.9. The van der Waals surface area contributed by atoms with Crippen LogP contribution in [0.2, 0.25) is 0 Å². The minimum Gasteiger partial charge on any atom is -0.453 e. The first-order valence-corrected chi connectivity index (χ1v) is 9.47. The lowest BCUT2D eigenvalue weighted by molar-refractivity contribution is 0.111. The number of aliphatic imine (C=N–C) groups is 1. The maximum atomic E-state index is 11.5. The van der Waals surface area contributed by atoms with Crippen molar-refractivity contribution in [2.24, 2.45) is 4.99 Å². The normalized spacial score (nSPS) is 16.5. The predicted octanol–water partition coefficient (Wildman–Crippen LogP) is 1.92. The Hall–Kier alpha value is -1.11. The molecule has 1 saturated heterocycles. The minimum absolute atomic E-state index is 0.229. The van der Waals surface area contributed by atoms with Crippen LogP contribution in [0.25, 0.3) is 0 Å². The standard InChI is InChI=1S/C15H30N4O2S/c1-4-16-14(17-9-5-6-12-22-3)18-13-7-10-19(11-8-13)15(20)21-2/h13H,4-12H2,1-3H3,(H2,16,17,18). The van der Waals surface area contributed by atoms with Crippen LogP contribution in [-0.4, -0.2) is 68.3 Å². The quantitative estimate of drug-likeness (QED) is 0.424. The molecule has 0 spiro atoms. The number of carbonyl (C=O) groups is 1. The summed E-state index contributed by atoms with van der Waals surface area (Å²) < 4.78 is 4.76. The van der Waals surface area contributed by atoms with E-state index in [4.69, 9.17) is 4.74 Å². The summed E-state index contributed by atoms with van der Waals surface area (Å²) in [5.41, 5.74) is 0. The molecule has 0 aromatic carbocycles. The number of piperidine rings is 1. The highest BCUT2D eigenvalue weighted by molar-refractivity contribution is 7.98. The summed E-state index contributed by atoms with van der Waals surface area (Å²) >= 11 is 1.88. The first-order chi connectivity index (χ1) is 10.7. The second-order valence-electron chi connectivity index (χ2n) is 5.34. The molecule has 22 heavy (non-hydrogen) atoms. The molecule has 0 saturated carbocycles. The molecule has 0 aromatic rings. The number of methoxy groups -OCH3 is 1. The van der Waals surface area contributed by atoms with Gasteiger partial charge in [-0.15, -0.1) is 0 Å². The fourth-order valence-electron chi connectivity index (χ4n) is 2.40. The topological polar surface area (TPSA) is 66.0 Å². The summed E-state index contributed by atoms with van der Waals surface area (Å²) in [5, 5.41) is 6.77. The number of likely N-dealkylation sites (tertiary alicyclic amines) is 1. The van der Waals surface area contributed by atoms with Gasteiger partial charge in [-0.2, -0.15) is 11.8 Å². The molecule has 2 N–H and O–H groups in total.